The summed E-state index contributed by atoms with van der Waals surface area (Å²) in [4.78, 5) is 4.60. The van der Waals surface area contributed by atoms with Crippen LogP contribution in [0.1, 0.15) is 11.3 Å². The molecule has 0 unspecified atom stereocenters. The van der Waals surface area contributed by atoms with E-state index in [-0.39, 0.29) is 12.4 Å². The average Bonchev–Trinajstić information content (AvgIpc) is 2.74. The second-order valence-electron chi connectivity index (χ2n) is 6.72. The number of aryl methyl sites for hydroxylation is 1. The van der Waals surface area contributed by atoms with Gasteiger partial charge >= 0.3 is 0 Å². The molecule has 0 saturated carbocycles. The summed E-state index contributed by atoms with van der Waals surface area (Å²) in [5, 5.41) is 5.19. The van der Waals surface area contributed by atoms with E-state index in [1.54, 1.807) is 7.11 Å². The summed E-state index contributed by atoms with van der Waals surface area (Å²) >= 11 is 6.18. The summed E-state index contributed by atoms with van der Waals surface area (Å²) in [7, 11) is 1.66. The molecule has 0 aliphatic heterocycles. The van der Waals surface area contributed by atoms with E-state index in [1.165, 1.54) is 0 Å². The molecular weight excluding hydrogens is 419 g/mol. The van der Waals surface area contributed by atoms with E-state index in [2.05, 4.69) is 10.3 Å². The quantitative estimate of drug-likeness (QED) is 0.352. The lowest BCUT2D eigenvalue weighted by Gasteiger charge is -2.13. The van der Waals surface area contributed by atoms with Crippen LogP contribution in [0.25, 0.3) is 10.9 Å². The van der Waals surface area contributed by atoms with Crippen molar-refractivity contribution >= 4 is 46.3 Å². The smallest absolute Gasteiger partial charge is 0.119 e. The minimum Gasteiger partial charge on any atom is -0.497 e. The zero-order valence-corrected chi connectivity index (χ0v) is 18.3. The maximum Gasteiger partial charge on any atom is 0.119 e. The Bertz CT molecular complexity index is 1150. The monoisotopic (exact) mass is 440 g/mol. The van der Waals surface area contributed by atoms with Crippen molar-refractivity contribution in [2.75, 3.05) is 12.4 Å². The van der Waals surface area contributed by atoms with E-state index in [9.17, 15) is 0 Å². The zero-order valence-electron chi connectivity index (χ0n) is 16.7. The van der Waals surface area contributed by atoms with Crippen molar-refractivity contribution in [3.05, 3.63) is 89.1 Å². The molecule has 0 bridgehead atoms. The fourth-order valence-electron chi connectivity index (χ4n) is 3.13. The Labute approximate surface area is 187 Å². The van der Waals surface area contributed by atoms with Gasteiger partial charge in [-0.25, -0.2) is 0 Å². The summed E-state index contributed by atoms with van der Waals surface area (Å²) < 4.78 is 11.2. The molecule has 0 saturated heterocycles. The van der Waals surface area contributed by atoms with Gasteiger partial charge in [0, 0.05) is 33.0 Å². The van der Waals surface area contributed by atoms with Gasteiger partial charge in [0.1, 0.15) is 18.1 Å². The van der Waals surface area contributed by atoms with Gasteiger partial charge in [0.2, 0.25) is 0 Å². The van der Waals surface area contributed by atoms with Crippen molar-refractivity contribution in [3.8, 4) is 11.5 Å². The van der Waals surface area contributed by atoms with Gasteiger partial charge < -0.3 is 14.8 Å². The molecular formula is C24H22Cl2N2O2. The second-order valence-corrected chi connectivity index (χ2v) is 7.13. The van der Waals surface area contributed by atoms with Crippen LogP contribution in [0.5, 0.6) is 11.5 Å². The third-order valence-corrected chi connectivity index (χ3v) is 5.00. The number of halogens is 2. The number of ether oxygens (including phenoxy) is 2. The molecule has 0 radical (unpaired) electrons. The zero-order chi connectivity index (χ0) is 20.2. The first-order valence-corrected chi connectivity index (χ1v) is 9.69. The Morgan fingerprint density at radius 1 is 0.933 bits per heavy atom. The first kappa shape index (κ1) is 21.8. The van der Waals surface area contributed by atoms with Crippen LogP contribution in [0.4, 0.5) is 11.4 Å². The summed E-state index contributed by atoms with van der Waals surface area (Å²) in [5.74, 6) is 1.59. The Morgan fingerprint density at radius 2 is 1.67 bits per heavy atom. The fraction of sp³-hybridized carbons (Fsp3) is 0.125. The number of hydrogen-bond acceptors (Lipinski definition) is 4. The van der Waals surface area contributed by atoms with Gasteiger partial charge in [-0.3, -0.25) is 4.98 Å². The normalized spacial score (nSPS) is 10.4. The molecule has 3 aromatic carbocycles. The number of benzene rings is 3. The highest BCUT2D eigenvalue weighted by Gasteiger charge is 2.07. The summed E-state index contributed by atoms with van der Waals surface area (Å²) in [5.41, 5.74) is 4.78. The van der Waals surface area contributed by atoms with Gasteiger partial charge in [-0.05, 0) is 61.5 Å². The van der Waals surface area contributed by atoms with E-state index in [4.69, 9.17) is 21.1 Å². The SMILES string of the molecule is COc1ccc2nc(C)cc(Nc3ccc(OCc4ccccc4Cl)cc3)c2c1.Cl. The van der Waals surface area contributed by atoms with Crippen molar-refractivity contribution in [3.63, 3.8) is 0 Å². The highest BCUT2D eigenvalue weighted by atomic mass is 35.5. The number of anilines is 2. The number of aromatic nitrogens is 1. The largest absolute Gasteiger partial charge is 0.497 e. The fourth-order valence-corrected chi connectivity index (χ4v) is 3.32. The molecule has 0 amide bonds. The van der Waals surface area contributed by atoms with Gasteiger partial charge in [-0.2, -0.15) is 0 Å². The van der Waals surface area contributed by atoms with Crippen LogP contribution < -0.4 is 14.8 Å². The molecule has 0 aliphatic carbocycles. The highest BCUT2D eigenvalue weighted by Crippen LogP contribution is 2.30. The van der Waals surface area contributed by atoms with E-state index in [0.717, 1.165) is 45.0 Å². The molecule has 1 heterocycles. The highest BCUT2D eigenvalue weighted by molar-refractivity contribution is 6.31. The van der Waals surface area contributed by atoms with Crippen LogP contribution in [0, 0.1) is 6.92 Å². The molecule has 4 nitrogen and oxygen atoms in total. The van der Waals surface area contributed by atoms with Gasteiger partial charge in [0.05, 0.1) is 12.6 Å². The third kappa shape index (κ3) is 4.96. The van der Waals surface area contributed by atoms with Crippen molar-refractivity contribution in [2.24, 2.45) is 0 Å². The minimum absolute atomic E-state index is 0. The molecule has 4 aromatic rings. The maximum atomic E-state index is 6.18. The Kier molecular flexibility index (Phi) is 7.03. The lowest BCUT2D eigenvalue weighted by Crippen LogP contribution is -1.97. The number of fused-ring (bicyclic) bond motifs is 1. The van der Waals surface area contributed by atoms with Gasteiger partial charge in [-0.15, -0.1) is 12.4 Å². The van der Waals surface area contributed by atoms with Crippen molar-refractivity contribution in [2.45, 2.75) is 13.5 Å². The van der Waals surface area contributed by atoms with Crippen molar-refractivity contribution in [1.82, 2.24) is 4.98 Å². The minimum atomic E-state index is 0. The summed E-state index contributed by atoms with van der Waals surface area (Å²) in [6, 6.07) is 23.5. The number of pyridine rings is 1. The number of hydrogen-bond donors (Lipinski definition) is 1. The molecule has 1 aromatic heterocycles. The van der Waals surface area contributed by atoms with E-state index in [1.807, 2.05) is 79.7 Å². The number of nitrogens with one attached hydrogen (secondary N) is 1. The number of nitrogens with zero attached hydrogens (tertiary/aromatic N) is 1. The van der Waals surface area contributed by atoms with Gasteiger partial charge in [0.15, 0.2) is 0 Å². The average molecular weight is 441 g/mol. The molecule has 4 rings (SSSR count). The maximum absolute atomic E-state index is 6.18. The molecule has 0 aliphatic rings. The lowest BCUT2D eigenvalue weighted by molar-refractivity contribution is 0.306. The number of rotatable bonds is 6. The lowest BCUT2D eigenvalue weighted by atomic mass is 10.1. The molecule has 1 N–H and O–H groups in total. The number of methoxy groups -OCH3 is 1. The molecule has 0 spiro atoms. The van der Waals surface area contributed by atoms with Crippen LogP contribution in [0.2, 0.25) is 5.02 Å². The van der Waals surface area contributed by atoms with Crippen LogP contribution >= 0.6 is 24.0 Å². The van der Waals surface area contributed by atoms with Crippen LogP contribution in [-0.2, 0) is 6.61 Å². The Balaban J connectivity index is 0.00000256. The van der Waals surface area contributed by atoms with Crippen LogP contribution in [0.15, 0.2) is 72.8 Å². The van der Waals surface area contributed by atoms with Crippen LogP contribution in [0.3, 0.4) is 0 Å². The van der Waals surface area contributed by atoms with Crippen molar-refractivity contribution < 1.29 is 9.47 Å². The molecule has 6 heteroatoms. The van der Waals surface area contributed by atoms with E-state index >= 15 is 0 Å². The first-order chi connectivity index (χ1) is 14.1. The van der Waals surface area contributed by atoms with Gasteiger partial charge in [-0.1, -0.05) is 29.8 Å². The third-order valence-electron chi connectivity index (χ3n) is 4.63. The van der Waals surface area contributed by atoms with Crippen molar-refractivity contribution in [1.29, 1.82) is 0 Å². The Hall–Kier alpha value is -2.95. The van der Waals surface area contributed by atoms with E-state index < -0.39 is 0 Å². The predicted molar refractivity (Wildman–Crippen MR) is 126 cm³/mol. The molecule has 0 atom stereocenters. The standard InChI is InChI=1S/C24H21ClN2O2.ClH/c1-16-13-24(21-14-20(28-2)11-12-23(21)26-16)27-18-7-9-19(10-8-18)29-15-17-5-3-4-6-22(17)25;/h3-14H,15H2,1-2H3,(H,26,27);1H. The molecule has 0 fully saturated rings. The Morgan fingerprint density at radius 3 is 2.40 bits per heavy atom. The van der Waals surface area contributed by atoms with E-state index in [0.29, 0.717) is 11.6 Å². The predicted octanol–water partition coefficient (Wildman–Crippen LogP) is 6.95. The molecule has 30 heavy (non-hydrogen) atoms. The van der Waals surface area contributed by atoms with Gasteiger partial charge in [0.25, 0.3) is 0 Å². The summed E-state index contributed by atoms with van der Waals surface area (Å²) in [6.07, 6.45) is 0. The molecule has 154 valence electrons. The topological polar surface area (TPSA) is 43.4 Å². The second kappa shape index (κ2) is 9.70. The first-order valence-electron chi connectivity index (χ1n) is 9.31. The summed E-state index contributed by atoms with van der Waals surface area (Å²) in [6.45, 7) is 2.42. The van der Waals surface area contributed by atoms with Crippen LogP contribution in [-0.4, -0.2) is 12.1 Å².